The molecule has 0 saturated heterocycles. The molecule has 0 heterocycles. The van der Waals surface area contributed by atoms with Crippen molar-refractivity contribution in [2.45, 2.75) is 39.5 Å². The smallest absolute Gasteiger partial charge is 0.336 e. The molecule has 0 aliphatic carbocycles. The summed E-state index contributed by atoms with van der Waals surface area (Å²) in [5.41, 5.74) is 3.22. The summed E-state index contributed by atoms with van der Waals surface area (Å²) in [6.07, 6.45) is 3.40. The zero-order valence-electron chi connectivity index (χ0n) is 15.1. The normalized spacial score (nSPS) is 10.5. The Morgan fingerprint density at radius 1 is 1.04 bits per heavy atom. The molecule has 0 fully saturated rings. The van der Waals surface area contributed by atoms with Gasteiger partial charge < -0.3 is 10.0 Å². The molecule has 0 aliphatic rings. The number of carbonyl (C=O) groups is 2. The second-order valence-corrected chi connectivity index (χ2v) is 6.25. The van der Waals surface area contributed by atoms with E-state index in [1.165, 1.54) is 0 Å². The molecule has 4 nitrogen and oxygen atoms in total. The predicted molar refractivity (Wildman–Crippen MR) is 101 cm³/mol. The number of unbranched alkanes of at least 4 members (excludes halogenated alkanes) is 2. The van der Waals surface area contributed by atoms with Crippen LogP contribution in [0.3, 0.4) is 0 Å². The summed E-state index contributed by atoms with van der Waals surface area (Å²) in [5.74, 6) is -0.971. The lowest BCUT2D eigenvalue weighted by Gasteiger charge is -2.22. The van der Waals surface area contributed by atoms with Gasteiger partial charge in [0, 0.05) is 19.2 Å². The zero-order valence-corrected chi connectivity index (χ0v) is 15.1. The van der Waals surface area contributed by atoms with E-state index in [9.17, 15) is 14.7 Å². The monoisotopic (exact) mass is 339 g/mol. The molecule has 2 aromatic carbocycles. The molecule has 0 radical (unpaired) electrons. The molecular weight excluding hydrogens is 314 g/mol. The van der Waals surface area contributed by atoms with Crippen molar-refractivity contribution in [3.05, 3.63) is 53.6 Å². The van der Waals surface area contributed by atoms with Gasteiger partial charge in [0.1, 0.15) is 0 Å². The molecule has 25 heavy (non-hydrogen) atoms. The highest BCUT2D eigenvalue weighted by molar-refractivity contribution is 5.99. The molecule has 1 N–H and O–H groups in total. The van der Waals surface area contributed by atoms with Gasteiger partial charge in [0.15, 0.2) is 0 Å². The lowest BCUT2D eigenvalue weighted by Crippen LogP contribution is -2.27. The molecule has 132 valence electrons. The number of carboxylic acid groups (broad SMARTS) is 1. The molecule has 0 spiro atoms. The number of aromatic carboxylic acids is 1. The van der Waals surface area contributed by atoms with Gasteiger partial charge in [-0.15, -0.1) is 0 Å². The Morgan fingerprint density at radius 2 is 1.72 bits per heavy atom. The Bertz CT molecular complexity index is 753. The third kappa shape index (κ3) is 4.47. The molecule has 0 unspecified atom stereocenters. The molecule has 2 rings (SSSR count). The number of nitrogens with zero attached hydrogens (tertiary/aromatic N) is 1. The fourth-order valence-electron chi connectivity index (χ4n) is 2.90. The van der Waals surface area contributed by atoms with E-state index in [-0.39, 0.29) is 11.5 Å². The van der Waals surface area contributed by atoms with E-state index in [4.69, 9.17) is 0 Å². The van der Waals surface area contributed by atoms with Gasteiger partial charge in [-0.2, -0.15) is 0 Å². The summed E-state index contributed by atoms with van der Waals surface area (Å²) in [4.78, 5) is 25.7. The first-order valence-electron chi connectivity index (χ1n) is 8.65. The maximum Gasteiger partial charge on any atom is 0.336 e. The molecule has 1 amide bonds. The van der Waals surface area contributed by atoms with Crippen LogP contribution in [0.25, 0.3) is 11.1 Å². The fourth-order valence-corrected chi connectivity index (χ4v) is 2.90. The van der Waals surface area contributed by atoms with E-state index >= 15 is 0 Å². The predicted octanol–water partition coefficient (Wildman–Crippen LogP) is 4.90. The molecule has 4 heteroatoms. The quantitative estimate of drug-likeness (QED) is 0.730. The Balaban J connectivity index is 2.44. The van der Waals surface area contributed by atoms with Crippen LogP contribution in [0.1, 0.15) is 48.5 Å². The topological polar surface area (TPSA) is 57.6 Å². The number of hydrogen-bond acceptors (Lipinski definition) is 2. The third-order valence-corrected chi connectivity index (χ3v) is 4.45. The van der Waals surface area contributed by atoms with Crippen LogP contribution in [-0.2, 0) is 4.79 Å². The van der Waals surface area contributed by atoms with Crippen LogP contribution in [-0.4, -0.2) is 24.0 Å². The van der Waals surface area contributed by atoms with Gasteiger partial charge in [0.25, 0.3) is 0 Å². The number of anilines is 1. The van der Waals surface area contributed by atoms with Crippen LogP contribution in [0, 0.1) is 6.92 Å². The minimum Gasteiger partial charge on any atom is -0.478 e. The number of rotatable bonds is 7. The summed E-state index contributed by atoms with van der Waals surface area (Å²) in [7, 11) is 1.72. The van der Waals surface area contributed by atoms with Gasteiger partial charge in [-0.3, -0.25) is 4.79 Å². The summed E-state index contributed by atoms with van der Waals surface area (Å²) < 4.78 is 0. The van der Waals surface area contributed by atoms with E-state index in [0.29, 0.717) is 17.7 Å². The minimum atomic E-state index is -0.983. The van der Waals surface area contributed by atoms with Crippen LogP contribution in [0.15, 0.2) is 42.5 Å². The summed E-state index contributed by atoms with van der Waals surface area (Å²) >= 11 is 0. The molecular formula is C21H25NO3. The molecule has 0 aromatic heterocycles. The standard InChI is InChI=1S/C21H25NO3/c1-4-5-7-12-20(23)22(3)19-14-17(16-10-8-6-9-11-16)13-18(15(19)2)21(24)25/h6,8-11,13-14H,4-5,7,12H2,1-3H3,(H,24,25). The SMILES string of the molecule is CCCCCC(=O)N(C)c1cc(-c2ccccc2)cc(C(=O)O)c1C. The van der Waals surface area contributed by atoms with Crippen LogP contribution in [0.2, 0.25) is 0 Å². The highest BCUT2D eigenvalue weighted by atomic mass is 16.4. The van der Waals surface area contributed by atoms with E-state index < -0.39 is 5.97 Å². The highest BCUT2D eigenvalue weighted by Gasteiger charge is 2.19. The van der Waals surface area contributed by atoms with Gasteiger partial charge in [-0.1, -0.05) is 50.1 Å². The van der Waals surface area contributed by atoms with E-state index in [2.05, 4.69) is 6.92 Å². The summed E-state index contributed by atoms with van der Waals surface area (Å²) in [6.45, 7) is 3.85. The van der Waals surface area contributed by atoms with E-state index in [0.717, 1.165) is 30.4 Å². The van der Waals surface area contributed by atoms with E-state index in [1.54, 1.807) is 24.9 Å². The van der Waals surface area contributed by atoms with Gasteiger partial charge >= 0.3 is 5.97 Å². The largest absolute Gasteiger partial charge is 0.478 e. The second-order valence-electron chi connectivity index (χ2n) is 6.25. The maximum absolute atomic E-state index is 12.5. The van der Waals surface area contributed by atoms with Crippen molar-refractivity contribution in [2.75, 3.05) is 11.9 Å². The van der Waals surface area contributed by atoms with Crippen LogP contribution < -0.4 is 4.90 Å². The molecule has 0 saturated carbocycles. The van der Waals surface area contributed by atoms with Crippen molar-refractivity contribution >= 4 is 17.6 Å². The van der Waals surface area contributed by atoms with Gasteiger partial charge in [-0.25, -0.2) is 4.79 Å². The first-order chi connectivity index (χ1) is 12.0. The van der Waals surface area contributed by atoms with Crippen molar-refractivity contribution in [1.82, 2.24) is 0 Å². The number of carbonyl (C=O) groups excluding carboxylic acids is 1. The van der Waals surface area contributed by atoms with Crippen LogP contribution >= 0.6 is 0 Å². The summed E-state index contributed by atoms with van der Waals surface area (Å²) in [5, 5.41) is 9.55. The lowest BCUT2D eigenvalue weighted by molar-refractivity contribution is -0.118. The fraction of sp³-hybridized carbons (Fsp3) is 0.333. The lowest BCUT2D eigenvalue weighted by atomic mass is 9.97. The first kappa shape index (κ1) is 18.7. The van der Waals surface area contributed by atoms with E-state index in [1.807, 2.05) is 36.4 Å². The Hall–Kier alpha value is -2.62. The molecule has 2 aromatic rings. The Labute approximate surface area is 149 Å². The average Bonchev–Trinajstić information content (AvgIpc) is 2.62. The van der Waals surface area contributed by atoms with Gasteiger partial charge in [0.05, 0.1) is 5.56 Å². The van der Waals surface area contributed by atoms with Crippen molar-refractivity contribution in [1.29, 1.82) is 0 Å². The van der Waals surface area contributed by atoms with Crippen molar-refractivity contribution < 1.29 is 14.7 Å². The average molecular weight is 339 g/mol. The molecule has 0 bridgehead atoms. The number of benzene rings is 2. The van der Waals surface area contributed by atoms with Crippen LogP contribution in [0.4, 0.5) is 5.69 Å². The number of amides is 1. The number of hydrogen-bond donors (Lipinski definition) is 1. The minimum absolute atomic E-state index is 0.0121. The maximum atomic E-state index is 12.5. The summed E-state index contributed by atoms with van der Waals surface area (Å²) in [6, 6.07) is 13.2. The number of carboxylic acids is 1. The van der Waals surface area contributed by atoms with Crippen LogP contribution in [0.5, 0.6) is 0 Å². The van der Waals surface area contributed by atoms with Crippen molar-refractivity contribution in [3.8, 4) is 11.1 Å². The van der Waals surface area contributed by atoms with Crippen molar-refractivity contribution in [2.24, 2.45) is 0 Å². The molecule has 0 aliphatic heterocycles. The van der Waals surface area contributed by atoms with Gasteiger partial charge in [-0.05, 0) is 42.2 Å². The zero-order chi connectivity index (χ0) is 18.4. The second kappa shape index (κ2) is 8.47. The molecule has 0 atom stereocenters. The highest BCUT2D eigenvalue weighted by Crippen LogP contribution is 2.31. The van der Waals surface area contributed by atoms with Gasteiger partial charge in [0.2, 0.25) is 5.91 Å². The Kier molecular flexibility index (Phi) is 6.34. The third-order valence-electron chi connectivity index (χ3n) is 4.45. The Morgan fingerprint density at radius 3 is 2.32 bits per heavy atom. The van der Waals surface area contributed by atoms with Crippen molar-refractivity contribution in [3.63, 3.8) is 0 Å². The first-order valence-corrected chi connectivity index (χ1v) is 8.65.